The average Bonchev–Trinajstić information content (AvgIpc) is 4.06. The van der Waals surface area contributed by atoms with Crippen molar-refractivity contribution in [2.75, 3.05) is 41.7 Å². The topological polar surface area (TPSA) is 194 Å². The summed E-state index contributed by atoms with van der Waals surface area (Å²) < 4.78 is 33.1. The molecule has 0 atom stereocenters. The van der Waals surface area contributed by atoms with Crippen LogP contribution in [-0.2, 0) is 40.8 Å². The number of nitro groups is 1. The van der Waals surface area contributed by atoms with Gasteiger partial charge in [0.2, 0.25) is 17.7 Å². The van der Waals surface area contributed by atoms with Gasteiger partial charge in [-0.3, -0.25) is 44.0 Å². The van der Waals surface area contributed by atoms with Crippen LogP contribution >= 0.6 is 11.3 Å². The van der Waals surface area contributed by atoms with Crippen molar-refractivity contribution < 1.29 is 32.9 Å². The van der Waals surface area contributed by atoms with Crippen LogP contribution in [0.25, 0.3) is 11.1 Å². The number of hydrogen-bond donors (Lipinski definition) is 2. The molecular formula is C49H59F2N11O6S. The molecule has 1 fully saturated rings. The van der Waals surface area contributed by atoms with Crippen LogP contribution in [0.5, 0.6) is 0 Å². The maximum atomic E-state index is 14.7. The highest BCUT2D eigenvalue weighted by atomic mass is 32.1. The Balaban J connectivity index is 0.782. The summed E-state index contributed by atoms with van der Waals surface area (Å²) in [5.41, 5.74) is 5.62. The van der Waals surface area contributed by atoms with E-state index < -0.39 is 17.3 Å². The number of anilines is 4. The summed E-state index contributed by atoms with van der Waals surface area (Å²) in [6, 6.07) is 10.2. The lowest BCUT2D eigenvalue weighted by Gasteiger charge is -2.34. The fourth-order valence-electron chi connectivity index (χ4n) is 9.82. The Morgan fingerprint density at radius 2 is 1.65 bits per heavy atom. The maximum absolute atomic E-state index is 14.7. The third-order valence-electron chi connectivity index (χ3n) is 13.4. The summed E-state index contributed by atoms with van der Waals surface area (Å²) in [6.07, 6.45) is 11.5. The van der Waals surface area contributed by atoms with E-state index in [9.17, 15) is 38.1 Å². The van der Waals surface area contributed by atoms with Crippen molar-refractivity contribution in [3.8, 4) is 11.1 Å². The molecule has 0 radical (unpaired) electrons. The van der Waals surface area contributed by atoms with E-state index in [1.807, 2.05) is 15.9 Å². The molecule has 3 aliphatic heterocycles. The largest absolute Gasteiger partial charge is 0.348 e. The molecular weight excluding hydrogens is 909 g/mol. The molecule has 6 heterocycles. The van der Waals surface area contributed by atoms with Gasteiger partial charge >= 0.3 is 5.00 Å². The summed E-state index contributed by atoms with van der Waals surface area (Å²) >= 11 is 0.774. The Morgan fingerprint density at radius 1 is 0.928 bits per heavy atom. The van der Waals surface area contributed by atoms with E-state index in [-0.39, 0.29) is 50.7 Å². The van der Waals surface area contributed by atoms with Crippen LogP contribution in [0.2, 0.25) is 0 Å². The summed E-state index contributed by atoms with van der Waals surface area (Å²) in [5.74, 6) is 0.127. The summed E-state index contributed by atoms with van der Waals surface area (Å²) in [7, 11) is 1.77. The molecule has 3 aromatic heterocycles. The Bertz CT molecular complexity index is 2710. The molecule has 0 bridgehead atoms. The molecule has 17 nitrogen and oxygen atoms in total. The second-order valence-electron chi connectivity index (χ2n) is 18.2. The highest BCUT2D eigenvalue weighted by molar-refractivity contribution is 7.19. The van der Waals surface area contributed by atoms with E-state index in [0.29, 0.717) is 75.2 Å². The van der Waals surface area contributed by atoms with Crippen molar-refractivity contribution >= 4 is 62.3 Å². The minimum absolute atomic E-state index is 0.0159. The SMILES string of the molecule is CC(=O)N1CCc2c(c(N3CCCc4cc(-c5cnn(C)c5)c(C(F)F)cc43)nn2C2CCN(C(=O)CCCCCCCCCC(=O)Nc3ccccc3C(=O)Nc3nc(C)c([N+](=O)[O-])s3)CC2)C1. The molecule has 69 heavy (non-hydrogen) atoms. The zero-order valence-electron chi connectivity index (χ0n) is 39.3. The van der Waals surface area contributed by atoms with Gasteiger partial charge in [0.1, 0.15) is 5.69 Å². The quantitative estimate of drug-likeness (QED) is 0.0485. The minimum atomic E-state index is -2.69. The molecule has 4 amide bonds. The fourth-order valence-corrected chi connectivity index (χ4v) is 10.6. The molecule has 5 aromatic rings. The molecule has 20 heteroatoms. The smallest absolute Gasteiger partial charge is 0.343 e. The molecule has 0 unspecified atom stereocenters. The van der Waals surface area contributed by atoms with E-state index in [4.69, 9.17) is 5.10 Å². The Hall–Kier alpha value is -6.57. The van der Waals surface area contributed by atoms with Crippen LogP contribution < -0.4 is 15.5 Å². The first-order valence-electron chi connectivity index (χ1n) is 23.9. The summed E-state index contributed by atoms with van der Waals surface area (Å²) in [6.45, 7) is 5.93. The molecule has 3 aliphatic rings. The van der Waals surface area contributed by atoms with Crippen LogP contribution in [0.1, 0.15) is 135 Å². The molecule has 8 rings (SSSR count). The van der Waals surface area contributed by atoms with Gasteiger partial charge in [0.05, 0.1) is 35.0 Å². The number of aromatic nitrogens is 5. The van der Waals surface area contributed by atoms with E-state index >= 15 is 0 Å². The number of hydrogen-bond acceptors (Lipinski definition) is 11. The lowest BCUT2D eigenvalue weighted by Crippen LogP contribution is -2.40. The van der Waals surface area contributed by atoms with Gasteiger partial charge in [-0.1, -0.05) is 44.2 Å². The van der Waals surface area contributed by atoms with Gasteiger partial charge in [-0.25, -0.2) is 13.8 Å². The third kappa shape index (κ3) is 11.3. The predicted molar refractivity (Wildman–Crippen MR) is 259 cm³/mol. The molecule has 2 N–H and O–H groups in total. The van der Waals surface area contributed by atoms with E-state index in [1.165, 1.54) is 6.92 Å². The van der Waals surface area contributed by atoms with E-state index in [1.54, 1.807) is 61.4 Å². The number of piperidine rings is 1. The first kappa shape index (κ1) is 48.9. The second-order valence-corrected chi connectivity index (χ2v) is 19.2. The summed E-state index contributed by atoms with van der Waals surface area (Å²) in [5, 5.41) is 26.0. The normalized spacial score (nSPS) is 15.0. The number of benzene rings is 2. The Kier molecular flexibility index (Phi) is 15.4. The fraction of sp³-hybridized carbons (Fsp3) is 0.490. The van der Waals surface area contributed by atoms with Gasteiger partial charge in [0.25, 0.3) is 12.3 Å². The highest BCUT2D eigenvalue weighted by Gasteiger charge is 2.35. The number of nitrogens with one attached hydrogen (secondary N) is 2. The number of aryl methyl sites for hydroxylation is 3. The highest BCUT2D eigenvalue weighted by Crippen LogP contribution is 2.44. The number of nitrogens with zero attached hydrogens (tertiary/aromatic N) is 9. The number of fused-ring (bicyclic) bond motifs is 2. The predicted octanol–water partition coefficient (Wildman–Crippen LogP) is 9.45. The van der Waals surface area contributed by atoms with Gasteiger partial charge in [-0.15, -0.1) is 0 Å². The first-order chi connectivity index (χ1) is 33.2. The van der Waals surface area contributed by atoms with Crippen molar-refractivity contribution in [3.05, 3.63) is 92.5 Å². The molecule has 0 spiro atoms. The number of alkyl halides is 2. The average molecular weight is 968 g/mol. The first-order valence-corrected chi connectivity index (χ1v) is 24.7. The van der Waals surface area contributed by atoms with E-state index in [2.05, 4.69) is 30.3 Å². The Morgan fingerprint density at radius 3 is 2.33 bits per heavy atom. The van der Waals surface area contributed by atoms with Crippen molar-refractivity contribution in [1.29, 1.82) is 0 Å². The number of unbranched alkanes of at least 4 members (excludes halogenated alkanes) is 6. The van der Waals surface area contributed by atoms with Crippen LogP contribution in [0, 0.1) is 17.0 Å². The molecule has 0 saturated carbocycles. The summed E-state index contributed by atoms with van der Waals surface area (Å²) in [4.78, 5) is 72.3. The number of halogens is 2. The van der Waals surface area contributed by atoms with Crippen LogP contribution in [0.15, 0.2) is 48.8 Å². The number of carbonyl (C=O) groups excluding carboxylic acids is 4. The van der Waals surface area contributed by atoms with Crippen LogP contribution in [0.4, 0.5) is 36.1 Å². The Labute approximate surface area is 403 Å². The van der Waals surface area contributed by atoms with Gasteiger partial charge in [0.15, 0.2) is 10.9 Å². The molecule has 366 valence electrons. The lowest BCUT2D eigenvalue weighted by molar-refractivity contribution is -0.380. The zero-order chi connectivity index (χ0) is 48.8. The zero-order valence-corrected chi connectivity index (χ0v) is 40.2. The standard InChI is InChI=1S/C49H59F2N11O6S/c1-31-48(62(67)68)69-49(53-31)55-47(66)36-15-11-12-16-40(36)54-43(64)17-9-7-5-4-6-8-10-18-44(65)58-23-19-35(20-24-58)61-41-21-25-59(32(2)63)30-39(41)46(56-61)60-22-13-14-33-26-37(34-28-52-57(3)29-34)38(45(50)51)27-42(33)60/h11-12,15-16,26-29,35,45H,4-10,13-14,17-25,30H2,1-3H3,(H,54,64)(H,53,55,66). The number of amides is 4. The van der Waals surface area contributed by atoms with Crippen molar-refractivity contribution in [2.24, 2.45) is 7.05 Å². The van der Waals surface area contributed by atoms with Crippen molar-refractivity contribution in [2.45, 2.75) is 123 Å². The van der Waals surface area contributed by atoms with Gasteiger partial charge in [-0.2, -0.15) is 10.2 Å². The molecule has 1 saturated heterocycles. The van der Waals surface area contributed by atoms with Gasteiger partial charge in [0, 0.05) is 93.7 Å². The molecule has 0 aliphatic carbocycles. The molecule has 2 aromatic carbocycles. The van der Waals surface area contributed by atoms with Gasteiger partial charge < -0.3 is 20.0 Å². The van der Waals surface area contributed by atoms with Crippen molar-refractivity contribution in [1.82, 2.24) is 34.3 Å². The number of likely N-dealkylation sites (tertiary alicyclic amines) is 1. The van der Waals surface area contributed by atoms with Crippen molar-refractivity contribution in [3.63, 3.8) is 0 Å². The number of thiazole rings is 1. The number of rotatable bonds is 18. The number of para-hydroxylation sites is 1. The van der Waals surface area contributed by atoms with Gasteiger partial charge in [-0.05, 0) is 92.2 Å². The monoisotopic (exact) mass is 967 g/mol. The lowest BCUT2D eigenvalue weighted by atomic mass is 9.92. The maximum Gasteiger partial charge on any atom is 0.348 e. The second kappa shape index (κ2) is 21.8. The van der Waals surface area contributed by atoms with Crippen LogP contribution in [0.3, 0.4) is 0 Å². The third-order valence-corrected chi connectivity index (χ3v) is 14.5. The number of carbonyl (C=O) groups is 4. The van der Waals surface area contributed by atoms with Crippen LogP contribution in [-0.4, -0.2) is 89.1 Å². The van der Waals surface area contributed by atoms with E-state index in [0.717, 1.165) is 104 Å². The minimum Gasteiger partial charge on any atom is -0.343 e.